The highest BCUT2D eigenvalue weighted by atomic mass is 16.3. The van der Waals surface area contributed by atoms with Gasteiger partial charge >= 0.3 is 0 Å². The first-order valence-corrected chi connectivity index (χ1v) is 7.26. The zero-order chi connectivity index (χ0) is 15.7. The average Bonchev–Trinajstić information content (AvgIpc) is 2.47. The van der Waals surface area contributed by atoms with Crippen LogP contribution in [-0.2, 0) is 6.42 Å². The molecule has 0 aliphatic heterocycles. The minimum absolute atomic E-state index is 0.190. The van der Waals surface area contributed by atoms with E-state index in [9.17, 15) is 15.3 Å². The maximum atomic E-state index is 10.1. The Labute approximate surface area is 129 Å². The second kappa shape index (κ2) is 5.60. The van der Waals surface area contributed by atoms with Gasteiger partial charge in [0.15, 0.2) is 0 Å². The molecule has 1 atom stereocenters. The zero-order valence-corrected chi connectivity index (χ0v) is 12.3. The molecule has 3 N–H and O–H groups in total. The summed E-state index contributed by atoms with van der Waals surface area (Å²) in [6.07, 6.45) is 0.768. The van der Waals surface area contributed by atoms with Crippen molar-refractivity contribution in [1.29, 1.82) is 0 Å². The molecule has 3 nitrogen and oxygen atoms in total. The number of aromatic hydroxyl groups is 3. The Morgan fingerprint density at radius 1 is 0.818 bits per heavy atom. The van der Waals surface area contributed by atoms with Crippen molar-refractivity contribution in [2.75, 3.05) is 0 Å². The van der Waals surface area contributed by atoms with Crippen LogP contribution >= 0.6 is 0 Å². The second-order valence-corrected chi connectivity index (χ2v) is 5.72. The van der Waals surface area contributed by atoms with E-state index in [0.717, 1.165) is 28.3 Å². The van der Waals surface area contributed by atoms with E-state index < -0.39 is 0 Å². The fraction of sp³-hybridized carbons (Fsp3) is 0.158. The summed E-state index contributed by atoms with van der Waals surface area (Å²) in [5, 5.41) is 30.7. The average molecular weight is 294 g/mol. The first-order valence-electron chi connectivity index (χ1n) is 7.26. The van der Waals surface area contributed by atoms with E-state index in [-0.39, 0.29) is 23.2 Å². The van der Waals surface area contributed by atoms with Gasteiger partial charge in [-0.3, -0.25) is 0 Å². The van der Waals surface area contributed by atoms with Crippen molar-refractivity contribution in [3.63, 3.8) is 0 Å². The number of fused-ring (bicyclic) bond motifs is 1. The Kier molecular flexibility index (Phi) is 3.63. The molecular formula is C19H18O3. The first kappa shape index (κ1) is 14.3. The van der Waals surface area contributed by atoms with Crippen LogP contribution in [0, 0.1) is 0 Å². The van der Waals surface area contributed by atoms with E-state index >= 15 is 0 Å². The highest BCUT2D eigenvalue weighted by Gasteiger charge is 2.10. The molecule has 1 unspecified atom stereocenters. The van der Waals surface area contributed by atoms with Gasteiger partial charge in [-0.25, -0.2) is 0 Å². The molecule has 112 valence electrons. The molecular weight excluding hydrogens is 276 g/mol. The van der Waals surface area contributed by atoms with Crippen molar-refractivity contribution in [1.82, 2.24) is 0 Å². The van der Waals surface area contributed by atoms with E-state index in [1.165, 1.54) is 0 Å². The van der Waals surface area contributed by atoms with Crippen LogP contribution in [0.15, 0.2) is 54.6 Å². The van der Waals surface area contributed by atoms with Gasteiger partial charge in [-0.1, -0.05) is 25.1 Å². The molecule has 0 aromatic heterocycles. The summed E-state index contributed by atoms with van der Waals surface area (Å²) in [5.41, 5.74) is 2.14. The van der Waals surface area contributed by atoms with Crippen LogP contribution in [-0.4, -0.2) is 15.3 Å². The summed E-state index contributed by atoms with van der Waals surface area (Å²) < 4.78 is 0. The minimum atomic E-state index is 0.190. The lowest BCUT2D eigenvalue weighted by Gasteiger charge is -2.13. The lowest BCUT2D eigenvalue weighted by atomic mass is 9.92. The SMILES string of the molecule is CC(Cc1cc(O)c2ccc(O)cc2c1)c1ccc(O)cc1. The summed E-state index contributed by atoms with van der Waals surface area (Å²) in [6, 6.07) is 15.9. The fourth-order valence-corrected chi connectivity index (χ4v) is 2.79. The lowest BCUT2D eigenvalue weighted by Crippen LogP contribution is -1.98. The van der Waals surface area contributed by atoms with Crippen LogP contribution in [0.4, 0.5) is 0 Å². The molecule has 0 spiro atoms. The third-order valence-electron chi connectivity index (χ3n) is 3.98. The second-order valence-electron chi connectivity index (χ2n) is 5.72. The molecule has 3 aromatic carbocycles. The van der Waals surface area contributed by atoms with Gasteiger partial charge in [-0.2, -0.15) is 0 Å². The molecule has 3 aromatic rings. The number of benzene rings is 3. The summed E-state index contributed by atoms with van der Waals surface area (Å²) >= 11 is 0. The van der Waals surface area contributed by atoms with Crippen molar-refractivity contribution < 1.29 is 15.3 Å². The van der Waals surface area contributed by atoms with Gasteiger partial charge in [0.1, 0.15) is 17.2 Å². The van der Waals surface area contributed by atoms with Crippen LogP contribution in [0.3, 0.4) is 0 Å². The number of hydrogen-bond donors (Lipinski definition) is 3. The molecule has 22 heavy (non-hydrogen) atoms. The summed E-state index contributed by atoms with van der Waals surface area (Å²) in [5.74, 6) is 0.936. The zero-order valence-electron chi connectivity index (χ0n) is 12.3. The summed E-state index contributed by atoms with van der Waals surface area (Å²) in [4.78, 5) is 0. The van der Waals surface area contributed by atoms with Gasteiger partial charge in [0.25, 0.3) is 0 Å². The molecule has 0 aliphatic rings. The largest absolute Gasteiger partial charge is 0.508 e. The predicted octanol–water partition coefficient (Wildman–Crippen LogP) is 4.30. The molecule has 0 radical (unpaired) electrons. The van der Waals surface area contributed by atoms with E-state index in [1.807, 2.05) is 18.2 Å². The highest BCUT2D eigenvalue weighted by Crippen LogP contribution is 2.31. The topological polar surface area (TPSA) is 60.7 Å². The van der Waals surface area contributed by atoms with Gasteiger partial charge in [0.05, 0.1) is 0 Å². The summed E-state index contributed by atoms with van der Waals surface area (Å²) in [6.45, 7) is 2.11. The van der Waals surface area contributed by atoms with Crippen LogP contribution in [0.2, 0.25) is 0 Å². The Morgan fingerprint density at radius 3 is 2.23 bits per heavy atom. The Balaban J connectivity index is 1.91. The van der Waals surface area contributed by atoms with Crippen LogP contribution in [0.25, 0.3) is 10.8 Å². The van der Waals surface area contributed by atoms with Gasteiger partial charge in [-0.15, -0.1) is 0 Å². The third kappa shape index (κ3) is 2.84. The van der Waals surface area contributed by atoms with E-state index in [2.05, 4.69) is 6.92 Å². The Morgan fingerprint density at radius 2 is 1.50 bits per heavy atom. The van der Waals surface area contributed by atoms with Crippen LogP contribution in [0.1, 0.15) is 24.0 Å². The van der Waals surface area contributed by atoms with Gasteiger partial charge in [-0.05, 0) is 65.3 Å². The Hall–Kier alpha value is -2.68. The number of rotatable bonds is 3. The number of hydrogen-bond acceptors (Lipinski definition) is 3. The molecule has 0 bridgehead atoms. The molecule has 0 heterocycles. The molecule has 0 saturated carbocycles. The maximum absolute atomic E-state index is 10.1. The van der Waals surface area contributed by atoms with Crippen LogP contribution in [0.5, 0.6) is 17.2 Å². The van der Waals surface area contributed by atoms with E-state index in [1.54, 1.807) is 36.4 Å². The molecule has 0 saturated heterocycles. The molecule has 3 heteroatoms. The van der Waals surface area contributed by atoms with Gasteiger partial charge in [0, 0.05) is 5.39 Å². The number of phenols is 3. The van der Waals surface area contributed by atoms with E-state index in [0.29, 0.717) is 0 Å². The molecule has 0 fully saturated rings. The molecule has 3 rings (SSSR count). The van der Waals surface area contributed by atoms with Crippen LogP contribution < -0.4 is 0 Å². The van der Waals surface area contributed by atoms with Crippen molar-refractivity contribution >= 4 is 10.8 Å². The quantitative estimate of drug-likeness (QED) is 0.675. The first-order chi connectivity index (χ1) is 10.5. The van der Waals surface area contributed by atoms with Gasteiger partial charge in [0.2, 0.25) is 0 Å². The fourth-order valence-electron chi connectivity index (χ4n) is 2.79. The number of phenolic OH excluding ortho intramolecular Hbond substituents is 3. The predicted molar refractivity (Wildman–Crippen MR) is 87.5 cm³/mol. The summed E-state index contributed by atoms with van der Waals surface area (Å²) in [7, 11) is 0. The smallest absolute Gasteiger partial charge is 0.123 e. The van der Waals surface area contributed by atoms with Crippen molar-refractivity contribution in [2.45, 2.75) is 19.3 Å². The van der Waals surface area contributed by atoms with Gasteiger partial charge < -0.3 is 15.3 Å². The standard InChI is InChI=1S/C19H18O3/c1-12(14-2-4-16(20)5-3-14)8-13-9-15-11-17(21)6-7-18(15)19(22)10-13/h2-7,9-12,20-22H,8H2,1H3. The Bertz CT molecular complexity index is 807. The minimum Gasteiger partial charge on any atom is -0.508 e. The highest BCUT2D eigenvalue weighted by molar-refractivity contribution is 5.89. The maximum Gasteiger partial charge on any atom is 0.123 e. The molecule has 0 aliphatic carbocycles. The van der Waals surface area contributed by atoms with Crippen molar-refractivity contribution in [2.24, 2.45) is 0 Å². The normalized spacial score (nSPS) is 12.4. The molecule has 0 amide bonds. The van der Waals surface area contributed by atoms with Crippen molar-refractivity contribution in [3.8, 4) is 17.2 Å². The third-order valence-corrected chi connectivity index (χ3v) is 3.98. The van der Waals surface area contributed by atoms with E-state index in [4.69, 9.17) is 0 Å². The monoisotopic (exact) mass is 294 g/mol. The van der Waals surface area contributed by atoms with Crippen molar-refractivity contribution in [3.05, 3.63) is 65.7 Å². The lowest BCUT2D eigenvalue weighted by molar-refractivity contribution is 0.474.